The Balaban J connectivity index is 2.29. The fourth-order valence-corrected chi connectivity index (χ4v) is 4.25. The number of rotatable bonds is 2. The molecule has 0 spiro atoms. The quantitative estimate of drug-likeness (QED) is 0.732. The van der Waals surface area contributed by atoms with Crippen molar-refractivity contribution in [2.75, 3.05) is 0 Å². The third kappa shape index (κ3) is 1.79. The van der Waals surface area contributed by atoms with Gasteiger partial charge in [-0.05, 0) is 23.6 Å². The summed E-state index contributed by atoms with van der Waals surface area (Å²) >= 11 is 0. The van der Waals surface area contributed by atoms with E-state index >= 15 is 0 Å². The Labute approximate surface area is 109 Å². The molecule has 1 nitrogen and oxygen atoms in total. The third-order valence-electron chi connectivity index (χ3n) is 3.52. The van der Waals surface area contributed by atoms with Crippen molar-refractivity contribution in [2.45, 2.75) is 25.9 Å². The van der Waals surface area contributed by atoms with E-state index in [4.69, 9.17) is 0 Å². The van der Waals surface area contributed by atoms with Crippen LogP contribution in [0.25, 0.3) is 11.1 Å². The van der Waals surface area contributed by atoms with Gasteiger partial charge in [0.05, 0.1) is 0 Å². The van der Waals surface area contributed by atoms with E-state index in [2.05, 4.69) is 31.2 Å². The van der Waals surface area contributed by atoms with Gasteiger partial charge in [-0.1, -0.05) is 54.3 Å². The van der Waals surface area contributed by atoms with Gasteiger partial charge in [0, 0.05) is 11.1 Å². The molecule has 1 atom stereocenters. The van der Waals surface area contributed by atoms with Crippen molar-refractivity contribution < 1.29 is 4.57 Å². The first-order valence-corrected chi connectivity index (χ1v) is 7.90. The van der Waals surface area contributed by atoms with Crippen molar-refractivity contribution in [2.24, 2.45) is 0 Å². The maximum atomic E-state index is 12.4. The van der Waals surface area contributed by atoms with Gasteiger partial charge in [-0.15, -0.1) is 0 Å². The van der Waals surface area contributed by atoms with E-state index in [1.807, 2.05) is 18.2 Å². The second-order valence-electron chi connectivity index (χ2n) is 4.76. The number of hydrogen-bond acceptors (Lipinski definition) is 1. The second kappa shape index (κ2) is 4.66. The van der Waals surface area contributed by atoms with Gasteiger partial charge in [0.2, 0.25) is 0 Å². The van der Waals surface area contributed by atoms with E-state index in [1.54, 1.807) is 0 Å². The molecule has 0 saturated heterocycles. The third-order valence-corrected chi connectivity index (χ3v) is 5.06. The SMILES string of the molecule is CCCc1cccc2c1-c1ccccc1C[P+]2=O. The van der Waals surface area contributed by atoms with Crippen LogP contribution in [0.15, 0.2) is 42.5 Å². The summed E-state index contributed by atoms with van der Waals surface area (Å²) < 4.78 is 12.4. The predicted octanol–water partition coefficient (Wildman–Crippen LogP) is 4.27. The first-order chi connectivity index (χ1) is 8.81. The second-order valence-corrected chi connectivity index (χ2v) is 6.31. The molecular formula is C16H16OP+. The average molecular weight is 255 g/mol. The number of benzene rings is 2. The van der Waals surface area contributed by atoms with Crippen LogP contribution in [-0.2, 0) is 17.1 Å². The van der Waals surface area contributed by atoms with Crippen LogP contribution in [0.1, 0.15) is 24.5 Å². The maximum absolute atomic E-state index is 12.4. The molecular weight excluding hydrogens is 239 g/mol. The molecule has 0 bridgehead atoms. The lowest BCUT2D eigenvalue weighted by molar-refractivity contribution is 0.592. The lowest BCUT2D eigenvalue weighted by Gasteiger charge is -2.15. The van der Waals surface area contributed by atoms with Gasteiger partial charge in [-0.25, -0.2) is 0 Å². The molecule has 0 fully saturated rings. The number of fused-ring (bicyclic) bond motifs is 3. The van der Waals surface area contributed by atoms with E-state index in [0.29, 0.717) is 6.16 Å². The summed E-state index contributed by atoms with van der Waals surface area (Å²) in [6.45, 7) is 2.19. The van der Waals surface area contributed by atoms with Crippen LogP contribution in [-0.4, -0.2) is 0 Å². The van der Waals surface area contributed by atoms with E-state index in [9.17, 15) is 4.57 Å². The van der Waals surface area contributed by atoms with Crippen LogP contribution in [0.3, 0.4) is 0 Å². The molecule has 0 radical (unpaired) electrons. The maximum Gasteiger partial charge on any atom is 0.382 e. The van der Waals surface area contributed by atoms with Crippen molar-refractivity contribution in [3.05, 3.63) is 53.6 Å². The van der Waals surface area contributed by atoms with Gasteiger partial charge in [0.1, 0.15) is 0 Å². The molecule has 0 aliphatic carbocycles. The molecule has 0 N–H and O–H groups in total. The Hall–Kier alpha value is -1.46. The van der Waals surface area contributed by atoms with Gasteiger partial charge in [0.25, 0.3) is 0 Å². The normalized spacial score (nSPS) is 15.1. The zero-order valence-electron chi connectivity index (χ0n) is 10.5. The first-order valence-electron chi connectivity index (χ1n) is 6.46. The lowest BCUT2D eigenvalue weighted by Crippen LogP contribution is -2.12. The van der Waals surface area contributed by atoms with E-state index < -0.39 is 7.80 Å². The highest BCUT2D eigenvalue weighted by molar-refractivity contribution is 7.53. The minimum absolute atomic E-state index is 0.689. The van der Waals surface area contributed by atoms with Crippen LogP contribution in [0.5, 0.6) is 0 Å². The summed E-state index contributed by atoms with van der Waals surface area (Å²) in [6.07, 6.45) is 2.87. The minimum Gasteiger partial charge on any atom is -0.0677 e. The molecule has 1 heterocycles. The Morgan fingerprint density at radius 1 is 1.11 bits per heavy atom. The highest BCUT2D eigenvalue weighted by Crippen LogP contribution is 2.41. The Kier molecular flexibility index (Phi) is 3.01. The summed E-state index contributed by atoms with van der Waals surface area (Å²) in [4.78, 5) is 0. The molecule has 2 heteroatoms. The summed E-state index contributed by atoms with van der Waals surface area (Å²) in [5.74, 6) is 0. The van der Waals surface area contributed by atoms with Crippen LogP contribution >= 0.6 is 7.80 Å². The summed E-state index contributed by atoms with van der Waals surface area (Å²) in [7, 11) is -1.27. The fourth-order valence-electron chi connectivity index (χ4n) is 2.72. The Morgan fingerprint density at radius 2 is 1.94 bits per heavy atom. The van der Waals surface area contributed by atoms with Crippen molar-refractivity contribution in [3.8, 4) is 11.1 Å². The molecule has 0 amide bonds. The van der Waals surface area contributed by atoms with Crippen LogP contribution in [0.2, 0.25) is 0 Å². The molecule has 2 aromatic carbocycles. The Morgan fingerprint density at radius 3 is 2.78 bits per heavy atom. The van der Waals surface area contributed by atoms with E-state index in [-0.39, 0.29) is 0 Å². The minimum atomic E-state index is -1.27. The summed E-state index contributed by atoms with van der Waals surface area (Å²) in [6, 6.07) is 14.6. The molecule has 18 heavy (non-hydrogen) atoms. The zero-order chi connectivity index (χ0) is 12.5. The van der Waals surface area contributed by atoms with Gasteiger partial charge < -0.3 is 0 Å². The monoisotopic (exact) mass is 255 g/mol. The zero-order valence-corrected chi connectivity index (χ0v) is 11.4. The highest BCUT2D eigenvalue weighted by atomic mass is 31.1. The topological polar surface area (TPSA) is 17.1 Å². The number of hydrogen-bond donors (Lipinski definition) is 0. The van der Waals surface area contributed by atoms with Crippen molar-refractivity contribution in [1.82, 2.24) is 0 Å². The van der Waals surface area contributed by atoms with Crippen LogP contribution < -0.4 is 5.30 Å². The molecule has 0 aromatic heterocycles. The Bertz CT molecular complexity index is 616. The van der Waals surface area contributed by atoms with Crippen molar-refractivity contribution in [3.63, 3.8) is 0 Å². The molecule has 1 aliphatic heterocycles. The van der Waals surface area contributed by atoms with Gasteiger partial charge in [-0.3, -0.25) is 0 Å². The highest BCUT2D eigenvalue weighted by Gasteiger charge is 2.33. The predicted molar refractivity (Wildman–Crippen MR) is 76.8 cm³/mol. The largest absolute Gasteiger partial charge is 0.382 e. The first kappa shape index (κ1) is 11.6. The molecule has 90 valence electrons. The lowest BCUT2D eigenvalue weighted by atomic mass is 9.93. The summed E-state index contributed by atoms with van der Waals surface area (Å²) in [5, 5.41) is 1.05. The average Bonchev–Trinajstić information content (AvgIpc) is 2.40. The van der Waals surface area contributed by atoms with Crippen LogP contribution in [0, 0.1) is 0 Å². The molecule has 0 saturated carbocycles. The standard InChI is InChI=1S/C16H16OP/c1-2-6-12-8-5-10-15-16(12)14-9-4-3-7-13(14)11-18(15)17/h3-5,7-10H,2,6,11H2,1H3/q+1. The molecule has 1 unspecified atom stereocenters. The smallest absolute Gasteiger partial charge is 0.0677 e. The van der Waals surface area contributed by atoms with Crippen molar-refractivity contribution in [1.29, 1.82) is 0 Å². The van der Waals surface area contributed by atoms with E-state index in [1.165, 1.54) is 22.3 Å². The van der Waals surface area contributed by atoms with Crippen LogP contribution in [0.4, 0.5) is 0 Å². The molecule has 3 rings (SSSR count). The molecule has 1 aliphatic rings. The van der Waals surface area contributed by atoms with Gasteiger partial charge >= 0.3 is 7.80 Å². The number of aryl methyl sites for hydroxylation is 1. The fraction of sp³-hybridized carbons (Fsp3) is 0.250. The summed E-state index contributed by atoms with van der Waals surface area (Å²) in [5.41, 5.74) is 5.09. The van der Waals surface area contributed by atoms with Gasteiger partial charge in [0.15, 0.2) is 11.5 Å². The van der Waals surface area contributed by atoms with Crippen molar-refractivity contribution >= 4 is 13.1 Å². The molecule has 2 aromatic rings. The van der Waals surface area contributed by atoms with Gasteiger partial charge in [-0.2, -0.15) is 0 Å². The van der Waals surface area contributed by atoms with E-state index in [0.717, 1.165) is 18.1 Å².